The molecule has 0 saturated carbocycles. The van der Waals surface area contributed by atoms with Crippen molar-refractivity contribution in [2.24, 2.45) is 0 Å². The highest BCUT2D eigenvalue weighted by atomic mass is 16.5. The van der Waals surface area contributed by atoms with Gasteiger partial charge >= 0.3 is 5.97 Å². The molecular weight excluding hydrogens is 364 g/mol. The summed E-state index contributed by atoms with van der Waals surface area (Å²) in [6.07, 6.45) is 21.4. The first-order chi connectivity index (χ1) is 14.1. The lowest BCUT2D eigenvalue weighted by Crippen LogP contribution is -2.00. The molecule has 0 bridgehead atoms. The summed E-state index contributed by atoms with van der Waals surface area (Å²) in [5.41, 5.74) is -0.0974. The molecule has 0 amide bonds. The Morgan fingerprint density at radius 2 is 1.21 bits per heavy atom. The van der Waals surface area contributed by atoms with E-state index in [0.717, 1.165) is 12.8 Å². The third-order valence-electron chi connectivity index (χ3n) is 5.47. The van der Waals surface area contributed by atoms with Gasteiger partial charge in [0.25, 0.3) is 0 Å². The second-order valence-electron chi connectivity index (χ2n) is 8.14. The zero-order valence-electron chi connectivity index (χ0n) is 18.5. The number of hydrogen-bond acceptors (Lipinski definition) is 3. The Kier molecular flexibility index (Phi) is 15.0. The van der Waals surface area contributed by atoms with E-state index in [0.29, 0.717) is 12.4 Å². The lowest BCUT2D eigenvalue weighted by Gasteiger charge is -2.08. The Bertz CT molecular complexity index is 542. The van der Waals surface area contributed by atoms with Crippen LogP contribution in [0.5, 0.6) is 11.5 Å². The van der Waals surface area contributed by atoms with Crippen LogP contribution in [-0.2, 0) is 0 Å². The van der Waals surface area contributed by atoms with Gasteiger partial charge in [-0.2, -0.15) is 0 Å². The van der Waals surface area contributed by atoms with Crippen molar-refractivity contribution in [1.29, 1.82) is 0 Å². The van der Waals surface area contributed by atoms with E-state index in [1.807, 2.05) is 0 Å². The molecule has 0 fully saturated rings. The van der Waals surface area contributed by atoms with Crippen molar-refractivity contribution in [2.75, 3.05) is 6.61 Å². The summed E-state index contributed by atoms with van der Waals surface area (Å²) in [5, 5.41) is 18.5. The molecule has 0 spiro atoms. The predicted molar refractivity (Wildman–Crippen MR) is 120 cm³/mol. The van der Waals surface area contributed by atoms with Gasteiger partial charge in [0.1, 0.15) is 17.1 Å². The highest BCUT2D eigenvalue weighted by Gasteiger charge is 2.09. The molecule has 166 valence electrons. The number of rotatable bonds is 19. The third kappa shape index (κ3) is 13.2. The average Bonchev–Trinajstić information content (AvgIpc) is 2.70. The normalized spacial score (nSPS) is 10.9. The number of hydrogen-bond donors (Lipinski definition) is 2. The van der Waals surface area contributed by atoms with E-state index in [2.05, 4.69) is 6.92 Å². The maximum absolute atomic E-state index is 10.9. The second kappa shape index (κ2) is 17.2. The van der Waals surface area contributed by atoms with Crippen molar-refractivity contribution in [3.8, 4) is 11.5 Å². The average molecular weight is 407 g/mol. The number of phenols is 1. The fourth-order valence-corrected chi connectivity index (χ4v) is 3.62. The van der Waals surface area contributed by atoms with Crippen molar-refractivity contribution >= 4 is 5.97 Å². The Hall–Kier alpha value is -1.71. The van der Waals surface area contributed by atoms with Gasteiger partial charge < -0.3 is 14.9 Å². The Morgan fingerprint density at radius 1 is 0.759 bits per heavy atom. The highest BCUT2D eigenvalue weighted by molar-refractivity contribution is 5.90. The fourth-order valence-electron chi connectivity index (χ4n) is 3.62. The van der Waals surface area contributed by atoms with Crippen LogP contribution in [0.4, 0.5) is 0 Å². The van der Waals surface area contributed by atoms with Crippen molar-refractivity contribution in [3.05, 3.63) is 23.8 Å². The number of carboxylic acid groups (broad SMARTS) is 1. The molecule has 4 nitrogen and oxygen atoms in total. The van der Waals surface area contributed by atoms with E-state index in [9.17, 15) is 9.90 Å². The SMILES string of the molecule is CCCCCCCCCCCCCCCCCCOc1ccc(C(=O)O)c(O)c1. The Morgan fingerprint density at radius 3 is 1.62 bits per heavy atom. The van der Waals surface area contributed by atoms with E-state index in [4.69, 9.17) is 9.84 Å². The first-order valence-electron chi connectivity index (χ1n) is 11.8. The minimum absolute atomic E-state index is 0.0974. The largest absolute Gasteiger partial charge is 0.507 e. The summed E-state index contributed by atoms with van der Waals surface area (Å²) >= 11 is 0. The molecule has 1 aromatic rings. The van der Waals surface area contributed by atoms with Gasteiger partial charge in [-0.25, -0.2) is 4.79 Å². The third-order valence-corrected chi connectivity index (χ3v) is 5.47. The maximum atomic E-state index is 10.9. The molecule has 29 heavy (non-hydrogen) atoms. The lowest BCUT2D eigenvalue weighted by molar-refractivity contribution is 0.0693. The molecule has 0 saturated heterocycles. The molecule has 4 heteroatoms. The van der Waals surface area contributed by atoms with Crippen LogP contribution in [-0.4, -0.2) is 22.8 Å². The molecule has 0 radical (unpaired) electrons. The van der Waals surface area contributed by atoms with Crippen LogP contribution in [0.25, 0.3) is 0 Å². The molecule has 0 unspecified atom stereocenters. The first-order valence-corrected chi connectivity index (χ1v) is 11.8. The summed E-state index contributed by atoms with van der Waals surface area (Å²) in [4.78, 5) is 10.9. The van der Waals surface area contributed by atoms with E-state index < -0.39 is 5.97 Å². The number of aromatic hydroxyl groups is 1. The number of benzene rings is 1. The number of carbonyl (C=O) groups is 1. The zero-order chi connectivity index (χ0) is 21.2. The van der Waals surface area contributed by atoms with Crippen LogP contribution in [0, 0.1) is 0 Å². The number of aromatic carboxylic acids is 1. The number of carboxylic acids is 1. The fraction of sp³-hybridized carbons (Fsp3) is 0.720. The summed E-state index contributed by atoms with van der Waals surface area (Å²) < 4.78 is 5.59. The van der Waals surface area contributed by atoms with Crippen LogP contribution in [0.2, 0.25) is 0 Å². The second-order valence-corrected chi connectivity index (χ2v) is 8.14. The van der Waals surface area contributed by atoms with Crippen molar-refractivity contribution in [1.82, 2.24) is 0 Å². The van der Waals surface area contributed by atoms with Crippen LogP contribution in [0.15, 0.2) is 18.2 Å². The minimum atomic E-state index is -1.13. The number of unbranched alkanes of at least 4 members (excludes halogenated alkanes) is 15. The van der Waals surface area contributed by atoms with Gasteiger partial charge in [-0.15, -0.1) is 0 Å². The maximum Gasteiger partial charge on any atom is 0.339 e. The van der Waals surface area contributed by atoms with Gasteiger partial charge in [-0.3, -0.25) is 0 Å². The molecule has 0 aromatic heterocycles. The molecule has 0 heterocycles. The van der Waals surface area contributed by atoms with E-state index in [-0.39, 0.29) is 11.3 Å². The van der Waals surface area contributed by atoms with E-state index >= 15 is 0 Å². The Labute approximate surface area is 177 Å². The van der Waals surface area contributed by atoms with Gasteiger partial charge in [-0.1, -0.05) is 103 Å². The summed E-state index contributed by atoms with van der Waals surface area (Å²) in [5.74, 6) is -0.859. The summed E-state index contributed by atoms with van der Waals surface area (Å²) in [7, 11) is 0. The molecule has 2 N–H and O–H groups in total. The lowest BCUT2D eigenvalue weighted by atomic mass is 10.0. The van der Waals surface area contributed by atoms with Gasteiger partial charge in [0, 0.05) is 6.07 Å². The standard InChI is InChI=1S/C25H42O4/c1-2-3-4-5-6-7-8-9-10-11-12-13-14-15-16-17-20-29-22-18-19-23(25(27)28)24(26)21-22/h18-19,21,26H,2-17,20H2,1H3,(H,27,28). The quantitative estimate of drug-likeness (QED) is 0.231. The topological polar surface area (TPSA) is 66.8 Å². The number of ether oxygens (including phenoxy) is 1. The molecule has 0 atom stereocenters. The van der Waals surface area contributed by atoms with Crippen LogP contribution in [0.3, 0.4) is 0 Å². The van der Waals surface area contributed by atoms with Gasteiger partial charge in [0.2, 0.25) is 0 Å². The molecule has 0 aliphatic rings. The van der Waals surface area contributed by atoms with Crippen LogP contribution in [0.1, 0.15) is 120 Å². The van der Waals surface area contributed by atoms with Crippen molar-refractivity contribution in [3.63, 3.8) is 0 Å². The van der Waals surface area contributed by atoms with Crippen molar-refractivity contribution in [2.45, 2.75) is 110 Å². The molecule has 0 aliphatic carbocycles. The van der Waals surface area contributed by atoms with Crippen molar-refractivity contribution < 1.29 is 19.7 Å². The molecule has 0 aliphatic heterocycles. The van der Waals surface area contributed by atoms with Crippen LogP contribution >= 0.6 is 0 Å². The van der Waals surface area contributed by atoms with Gasteiger partial charge in [0.05, 0.1) is 6.61 Å². The van der Waals surface area contributed by atoms with Crippen LogP contribution < -0.4 is 4.74 Å². The van der Waals surface area contributed by atoms with E-state index in [1.165, 1.54) is 102 Å². The molecule has 1 rings (SSSR count). The summed E-state index contributed by atoms with van der Waals surface area (Å²) in [6, 6.07) is 4.34. The van der Waals surface area contributed by atoms with Gasteiger partial charge in [0.15, 0.2) is 0 Å². The minimum Gasteiger partial charge on any atom is -0.507 e. The van der Waals surface area contributed by atoms with E-state index in [1.54, 1.807) is 6.07 Å². The predicted octanol–water partition coefficient (Wildman–Crippen LogP) is 7.73. The molecular formula is C25H42O4. The zero-order valence-corrected chi connectivity index (χ0v) is 18.5. The van der Waals surface area contributed by atoms with Gasteiger partial charge in [-0.05, 0) is 18.6 Å². The summed E-state index contributed by atoms with van der Waals surface area (Å²) in [6.45, 7) is 2.87. The molecule has 1 aromatic carbocycles. The first kappa shape index (κ1) is 25.3. The Balaban J connectivity index is 1.85. The monoisotopic (exact) mass is 406 g/mol. The highest BCUT2D eigenvalue weighted by Crippen LogP contribution is 2.23. The smallest absolute Gasteiger partial charge is 0.339 e.